The van der Waals surface area contributed by atoms with Crippen LogP contribution in [0.3, 0.4) is 0 Å². The van der Waals surface area contributed by atoms with Gasteiger partial charge in [0.2, 0.25) is 0 Å². The fourth-order valence-electron chi connectivity index (χ4n) is 11.1. The van der Waals surface area contributed by atoms with Gasteiger partial charge < -0.3 is 9.47 Å². The van der Waals surface area contributed by atoms with E-state index in [-0.39, 0.29) is 0 Å². The van der Waals surface area contributed by atoms with Gasteiger partial charge in [-0.15, -0.1) is 11.3 Å². The van der Waals surface area contributed by atoms with E-state index in [0.717, 1.165) is 50.6 Å². The van der Waals surface area contributed by atoms with Crippen LogP contribution < -0.4 is 4.90 Å². The average Bonchev–Trinajstić information content (AvgIpc) is 4.00. The maximum atomic E-state index is 2.46. The van der Waals surface area contributed by atoms with Crippen molar-refractivity contribution in [3.63, 3.8) is 0 Å². The van der Waals surface area contributed by atoms with Crippen molar-refractivity contribution in [3.05, 3.63) is 267 Å². The Labute approximate surface area is 416 Å². The summed E-state index contributed by atoms with van der Waals surface area (Å²) in [6.45, 7) is 0. The lowest BCUT2D eigenvalue weighted by atomic mass is 9.91. The maximum absolute atomic E-state index is 2.46. The highest BCUT2D eigenvalue weighted by Crippen LogP contribution is 2.47. The molecular weight excluding hydrogens is 877 g/mol. The highest BCUT2D eigenvalue weighted by molar-refractivity contribution is 7.26. The van der Waals surface area contributed by atoms with E-state index < -0.39 is 0 Å². The molecule has 2 nitrogen and oxygen atoms in total. The van der Waals surface area contributed by atoms with Crippen molar-refractivity contribution < 1.29 is 0 Å². The standard InChI is InChI=1S/C68H44N2S/c1-2-16-46(17-3-1)55-41-36-50(63-43-49-18-4-5-21-54(49)57-22-6-7-23-58(57)63)44-66(55)69(52-39-34-47(35-40-52)56-27-15-28-62-61-26-10-13-31-67(61)71-68(56)62)51-37-32-45(33-38-51)48-19-14-20-53(42-48)70-64-29-11-8-24-59(64)60-25-9-12-30-65(60)70/h1-44H. The van der Waals surface area contributed by atoms with Gasteiger partial charge in [-0.1, -0.05) is 200 Å². The van der Waals surface area contributed by atoms with E-state index in [1.54, 1.807) is 0 Å². The Morgan fingerprint density at radius 2 is 0.845 bits per heavy atom. The topological polar surface area (TPSA) is 8.17 Å². The summed E-state index contributed by atoms with van der Waals surface area (Å²) < 4.78 is 5.02. The molecule has 0 spiro atoms. The first kappa shape index (κ1) is 41.0. The molecule has 14 aromatic rings. The molecule has 2 heterocycles. The molecule has 0 atom stereocenters. The summed E-state index contributed by atoms with van der Waals surface area (Å²) in [5.74, 6) is 0. The molecule has 0 saturated carbocycles. The molecule has 332 valence electrons. The van der Waals surface area contributed by atoms with Crippen molar-refractivity contribution in [2.24, 2.45) is 0 Å². The summed E-state index contributed by atoms with van der Waals surface area (Å²) in [5.41, 5.74) is 16.3. The first-order valence-corrected chi connectivity index (χ1v) is 25.1. The van der Waals surface area contributed by atoms with E-state index in [4.69, 9.17) is 0 Å². The average molecular weight is 921 g/mol. The van der Waals surface area contributed by atoms with Gasteiger partial charge in [0.05, 0.1) is 16.7 Å². The predicted octanol–water partition coefficient (Wildman–Crippen LogP) is 19.6. The van der Waals surface area contributed by atoms with Crippen LogP contribution >= 0.6 is 11.3 Å². The molecule has 71 heavy (non-hydrogen) atoms. The van der Waals surface area contributed by atoms with Crippen LogP contribution in [0.5, 0.6) is 0 Å². The lowest BCUT2D eigenvalue weighted by Gasteiger charge is -2.29. The van der Waals surface area contributed by atoms with E-state index in [1.165, 1.54) is 80.2 Å². The fourth-order valence-corrected chi connectivity index (χ4v) is 12.3. The number of aromatic nitrogens is 1. The van der Waals surface area contributed by atoms with Gasteiger partial charge in [0, 0.05) is 53.6 Å². The Balaban J connectivity index is 0.941. The molecule has 0 unspecified atom stereocenters. The Morgan fingerprint density at radius 1 is 0.296 bits per heavy atom. The van der Waals surface area contributed by atoms with Crippen LogP contribution in [0.4, 0.5) is 17.1 Å². The maximum Gasteiger partial charge on any atom is 0.0546 e. The Hall–Kier alpha value is -9.02. The monoisotopic (exact) mass is 920 g/mol. The second-order valence-corrected chi connectivity index (χ2v) is 19.5. The van der Waals surface area contributed by atoms with Gasteiger partial charge in [-0.05, 0) is 127 Å². The number of fused-ring (bicyclic) bond motifs is 9. The number of anilines is 3. The van der Waals surface area contributed by atoms with Gasteiger partial charge in [0.15, 0.2) is 0 Å². The van der Waals surface area contributed by atoms with Gasteiger partial charge in [0.25, 0.3) is 0 Å². The SMILES string of the molecule is c1ccc(-c2ccc(-c3cc4ccccc4c4ccccc34)cc2N(c2ccc(-c3cccc(-n4c5ccccc5c5ccccc54)c3)cc2)c2ccc(-c3cccc4c3sc3ccccc34)cc2)cc1. The van der Waals surface area contributed by atoms with Crippen LogP contribution in [0.2, 0.25) is 0 Å². The fraction of sp³-hybridized carbons (Fsp3) is 0. The molecule has 0 amide bonds. The molecule has 0 N–H and O–H groups in total. The zero-order chi connectivity index (χ0) is 46.8. The van der Waals surface area contributed by atoms with E-state index in [1.807, 2.05) is 11.3 Å². The van der Waals surface area contributed by atoms with Crippen LogP contribution in [0.1, 0.15) is 0 Å². The van der Waals surface area contributed by atoms with Gasteiger partial charge >= 0.3 is 0 Å². The normalized spacial score (nSPS) is 11.7. The quantitative estimate of drug-likeness (QED) is 0.138. The minimum atomic E-state index is 1.07. The predicted molar refractivity (Wildman–Crippen MR) is 305 cm³/mol. The van der Waals surface area contributed by atoms with Crippen molar-refractivity contribution >= 4 is 91.9 Å². The third-order valence-corrected chi connectivity index (χ3v) is 15.6. The Bertz CT molecular complexity index is 4280. The van der Waals surface area contributed by atoms with E-state index >= 15 is 0 Å². The minimum absolute atomic E-state index is 1.07. The van der Waals surface area contributed by atoms with Crippen LogP contribution in [-0.4, -0.2) is 4.57 Å². The van der Waals surface area contributed by atoms with E-state index in [2.05, 4.69) is 276 Å². The molecule has 0 saturated heterocycles. The van der Waals surface area contributed by atoms with Gasteiger partial charge in [-0.2, -0.15) is 0 Å². The summed E-state index contributed by atoms with van der Waals surface area (Å²) >= 11 is 1.88. The first-order chi connectivity index (χ1) is 35.2. The molecule has 0 radical (unpaired) electrons. The van der Waals surface area contributed by atoms with Crippen molar-refractivity contribution in [1.82, 2.24) is 4.57 Å². The molecule has 0 aliphatic heterocycles. The van der Waals surface area contributed by atoms with Gasteiger partial charge in [-0.25, -0.2) is 0 Å². The zero-order valence-corrected chi connectivity index (χ0v) is 39.5. The van der Waals surface area contributed by atoms with Crippen LogP contribution in [0.25, 0.3) is 114 Å². The molecule has 12 aromatic carbocycles. The van der Waals surface area contributed by atoms with Crippen molar-refractivity contribution in [3.8, 4) is 50.2 Å². The second-order valence-electron chi connectivity index (χ2n) is 18.4. The molecule has 0 aliphatic rings. The number of thiophene rings is 1. The van der Waals surface area contributed by atoms with Crippen LogP contribution in [0.15, 0.2) is 267 Å². The third kappa shape index (κ3) is 6.93. The number of hydrogen-bond acceptors (Lipinski definition) is 2. The Kier molecular flexibility index (Phi) is 9.75. The van der Waals surface area contributed by atoms with Gasteiger partial charge in [0.1, 0.15) is 0 Å². The number of nitrogens with zero attached hydrogens (tertiary/aromatic N) is 2. The number of para-hydroxylation sites is 2. The molecule has 14 rings (SSSR count). The highest BCUT2D eigenvalue weighted by atomic mass is 32.1. The van der Waals surface area contributed by atoms with Crippen LogP contribution in [0, 0.1) is 0 Å². The second kappa shape index (κ2) is 16.9. The molecule has 0 bridgehead atoms. The molecular formula is C68H44N2S. The number of rotatable bonds is 8. The Morgan fingerprint density at radius 3 is 1.59 bits per heavy atom. The number of hydrogen-bond donors (Lipinski definition) is 0. The smallest absolute Gasteiger partial charge is 0.0546 e. The lowest BCUT2D eigenvalue weighted by Crippen LogP contribution is -2.11. The molecule has 0 fully saturated rings. The van der Waals surface area contributed by atoms with E-state index in [9.17, 15) is 0 Å². The molecule has 0 aliphatic carbocycles. The van der Waals surface area contributed by atoms with Crippen molar-refractivity contribution in [2.45, 2.75) is 0 Å². The van der Waals surface area contributed by atoms with Gasteiger partial charge in [-0.3, -0.25) is 0 Å². The van der Waals surface area contributed by atoms with Crippen molar-refractivity contribution in [2.75, 3.05) is 4.90 Å². The minimum Gasteiger partial charge on any atom is -0.310 e. The molecule has 3 heteroatoms. The van der Waals surface area contributed by atoms with Crippen LogP contribution in [-0.2, 0) is 0 Å². The summed E-state index contributed by atoms with van der Waals surface area (Å²) in [6.07, 6.45) is 0. The highest BCUT2D eigenvalue weighted by Gasteiger charge is 2.21. The number of benzene rings is 12. The first-order valence-electron chi connectivity index (χ1n) is 24.3. The van der Waals surface area contributed by atoms with Crippen molar-refractivity contribution in [1.29, 1.82) is 0 Å². The summed E-state index contributed by atoms with van der Waals surface area (Å²) in [7, 11) is 0. The third-order valence-electron chi connectivity index (χ3n) is 14.4. The zero-order valence-electron chi connectivity index (χ0n) is 38.7. The largest absolute Gasteiger partial charge is 0.310 e. The summed E-state index contributed by atoms with van der Waals surface area (Å²) in [5, 5.41) is 10.1. The van der Waals surface area contributed by atoms with E-state index in [0.29, 0.717) is 0 Å². The summed E-state index contributed by atoms with van der Waals surface area (Å²) in [6, 6.07) is 98.1. The molecule has 2 aromatic heterocycles. The summed E-state index contributed by atoms with van der Waals surface area (Å²) in [4.78, 5) is 2.46. The lowest BCUT2D eigenvalue weighted by molar-refractivity contribution is 1.18.